The number of rotatable bonds is 17. The van der Waals surface area contributed by atoms with Crippen LogP contribution in [0.3, 0.4) is 0 Å². The summed E-state index contributed by atoms with van der Waals surface area (Å²) in [6, 6.07) is -0.706. The zero-order chi connectivity index (χ0) is 20.7. The van der Waals surface area contributed by atoms with Gasteiger partial charge in [0, 0.05) is 6.54 Å². The van der Waals surface area contributed by atoms with E-state index in [9.17, 15) is 19.5 Å². The number of amides is 2. The largest absolute Gasteiger partial charge is 0.480 e. The van der Waals surface area contributed by atoms with E-state index in [2.05, 4.69) is 17.6 Å². The Hall–Kier alpha value is -1.63. The number of nitrogens with zero attached hydrogens (tertiary/aromatic N) is 1. The van der Waals surface area contributed by atoms with Crippen molar-refractivity contribution in [3.05, 3.63) is 0 Å². The molecule has 158 valence electrons. The Labute approximate surface area is 164 Å². The Bertz CT molecular complexity index is 431. The van der Waals surface area contributed by atoms with Gasteiger partial charge in [-0.3, -0.25) is 19.7 Å². The number of carbonyl (C=O) groups excluding carboxylic acids is 2. The lowest BCUT2D eigenvalue weighted by atomic mass is 9.94. The average Bonchev–Trinajstić information content (AvgIpc) is 2.63. The molecule has 3 N–H and O–H groups in total. The normalized spacial score (nSPS) is 14.2. The van der Waals surface area contributed by atoms with Crippen molar-refractivity contribution in [2.75, 3.05) is 13.1 Å². The van der Waals surface area contributed by atoms with E-state index in [0.29, 0.717) is 13.0 Å². The van der Waals surface area contributed by atoms with Crippen LogP contribution in [0.5, 0.6) is 0 Å². The van der Waals surface area contributed by atoms with Gasteiger partial charge in [-0.15, -0.1) is 0 Å². The van der Waals surface area contributed by atoms with Crippen molar-refractivity contribution in [3.8, 4) is 0 Å². The Morgan fingerprint density at radius 3 is 2.22 bits per heavy atom. The van der Waals surface area contributed by atoms with E-state index < -0.39 is 18.2 Å². The van der Waals surface area contributed by atoms with E-state index in [1.165, 1.54) is 19.3 Å². The molecule has 3 atom stereocenters. The SMILES string of the molecule is CCCCCCCC(C)C(N[C@@H](C)N(CCCC)C(=O)CNC=O)C(=O)O. The minimum atomic E-state index is -0.892. The van der Waals surface area contributed by atoms with Crippen LogP contribution >= 0.6 is 0 Å². The molecule has 2 amide bonds. The highest BCUT2D eigenvalue weighted by Gasteiger charge is 2.29. The molecule has 0 saturated carbocycles. The predicted molar refractivity (Wildman–Crippen MR) is 107 cm³/mol. The molecular weight excluding hydrogens is 346 g/mol. The molecule has 2 unspecified atom stereocenters. The summed E-state index contributed by atoms with van der Waals surface area (Å²) >= 11 is 0. The zero-order valence-electron chi connectivity index (χ0n) is 17.5. The smallest absolute Gasteiger partial charge is 0.321 e. The third-order valence-corrected chi connectivity index (χ3v) is 4.90. The van der Waals surface area contributed by atoms with E-state index >= 15 is 0 Å². The van der Waals surface area contributed by atoms with Crippen LogP contribution in [-0.4, -0.2) is 53.6 Å². The van der Waals surface area contributed by atoms with Crippen LogP contribution in [0.1, 0.15) is 79.1 Å². The molecule has 0 bridgehead atoms. The molecule has 0 aliphatic heterocycles. The quantitative estimate of drug-likeness (QED) is 0.203. The molecule has 7 nitrogen and oxygen atoms in total. The number of hydrogen-bond acceptors (Lipinski definition) is 4. The summed E-state index contributed by atoms with van der Waals surface area (Å²) in [4.78, 5) is 36.2. The minimum Gasteiger partial charge on any atom is -0.480 e. The number of hydrogen-bond donors (Lipinski definition) is 3. The zero-order valence-corrected chi connectivity index (χ0v) is 17.5. The van der Waals surface area contributed by atoms with Gasteiger partial charge in [0.2, 0.25) is 12.3 Å². The number of unbranched alkanes of at least 4 members (excludes halogenated alkanes) is 5. The Morgan fingerprint density at radius 1 is 1.04 bits per heavy atom. The lowest BCUT2D eigenvalue weighted by molar-refractivity contribution is -0.143. The molecule has 0 aromatic rings. The molecule has 7 heteroatoms. The van der Waals surface area contributed by atoms with Gasteiger partial charge in [0.05, 0.1) is 12.7 Å². The molecule has 0 fully saturated rings. The van der Waals surface area contributed by atoms with Gasteiger partial charge in [-0.25, -0.2) is 0 Å². The van der Waals surface area contributed by atoms with Crippen molar-refractivity contribution >= 4 is 18.3 Å². The van der Waals surface area contributed by atoms with Crippen LogP contribution in [0.2, 0.25) is 0 Å². The summed E-state index contributed by atoms with van der Waals surface area (Å²) in [6.45, 7) is 8.41. The molecule has 27 heavy (non-hydrogen) atoms. The second kappa shape index (κ2) is 15.4. The molecule has 0 aromatic heterocycles. The highest BCUT2D eigenvalue weighted by Crippen LogP contribution is 2.16. The summed E-state index contributed by atoms with van der Waals surface area (Å²) < 4.78 is 0. The van der Waals surface area contributed by atoms with Crippen molar-refractivity contribution in [2.24, 2.45) is 5.92 Å². The molecular formula is C20H39N3O4. The van der Waals surface area contributed by atoms with Crippen LogP contribution < -0.4 is 10.6 Å². The van der Waals surface area contributed by atoms with Crippen molar-refractivity contribution in [1.29, 1.82) is 0 Å². The van der Waals surface area contributed by atoms with Crippen LogP contribution in [0, 0.1) is 5.92 Å². The lowest BCUT2D eigenvalue weighted by Crippen LogP contribution is -2.56. The van der Waals surface area contributed by atoms with Crippen molar-refractivity contribution in [2.45, 2.75) is 91.3 Å². The molecule has 0 spiro atoms. The summed E-state index contributed by atoms with van der Waals surface area (Å²) in [7, 11) is 0. The van der Waals surface area contributed by atoms with Crippen LogP contribution in [-0.2, 0) is 14.4 Å². The fourth-order valence-corrected chi connectivity index (χ4v) is 3.16. The van der Waals surface area contributed by atoms with E-state index in [0.717, 1.165) is 32.1 Å². The summed E-state index contributed by atoms with van der Waals surface area (Å²) in [5.41, 5.74) is 0. The molecule has 0 heterocycles. The van der Waals surface area contributed by atoms with Gasteiger partial charge in [0.1, 0.15) is 6.04 Å². The lowest BCUT2D eigenvalue weighted by Gasteiger charge is -2.33. The number of carboxylic acid groups (broad SMARTS) is 1. The van der Waals surface area contributed by atoms with E-state index in [1.807, 2.05) is 13.8 Å². The topological polar surface area (TPSA) is 98.7 Å². The monoisotopic (exact) mass is 385 g/mol. The minimum absolute atomic E-state index is 0.0252. The first-order valence-electron chi connectivity index (χ1n) is 10.3. The molecule has 0 aliphatic rings. The standard InChI is InChI=1S/C20H39N3O4/c1-5-7-9-10-11-12-16(3)19(20(26)27)22-17(4)23(13-8-6-2)18(25)14-21-15-24/h15-17,19,22H,5-14H2,1-4H3,(H,21,24)(H,26,27)/t16?,17-,19?/m1/s1. The molecule has 0 aromatic carbocycles. The third kappa shape index (κ3) is 11.0. The average molecular weight is 386 g/mol. The molecule has 0 radical (unpaired) electrons. The van der Waals surface area contributed by atoms with Gasteiger partial charge in [-0.05, 0) is 25.7 Å². The fraction of sp³-hybridized carbons (Fsp3) is 0.850. The van der Waals surface area contributed by atoms with Gasteiger partial charge in [-0.1, -0.05) is 59.3 Å². The highest BCUT2D eigenvalue weighted by molar-refractivity contribution is 5.80. The highest BCUT2D eigenvalue weighted by atomic mass is 16.4. The van der Waals surface area contributed by atoms with Crippen LogP contribution in [0.4, 0.5) is 0 Å². The van der Waals surface area contributed by atoms with Gasteiger partial charge in [0.25, 0.3) is 0 Å². The van der Waals surface area contributed by atoms with E-state index in [-0.39, 0.29) is 18.4 Å². The fourth-order valence-electron chi connectivity index (χ4n) is 3.16. The van der Waals surface area contributed by atoms with Crippen LogP contribution in [0.25, 0.3) is 0 Å². The number of aliphatic carboxylic acids is 1. The second-order valence-electron chi connectivity index (χ2n) is 7.28. The predicted octanol–water partition coefficient (Wildman–Crippen LogP) is 2.75. The first-order chi connectivity index (χ1) is 12.9. The molecule has 0 rings (SSSR count). The second-order valence-corrected chi connectivity index (χ2v) is 7.28. The van der Waals surface area contributed by atoms with Crippen molar-refractivity contribution < 1.29 is 19.5 Å². The number of carboxylic acids is 1. The Morgan fingerprint density at radius 2 is 1.67 bits per heavy atom. The number of carbonyl (C=O) groups is 3. The Balaban J connectivity index is 4.81. The maximum atomic E-state index is 12.4. The van der Waals surface area contributed by atoms with Gasteiger partial charge >= 0.3 is 5.97 Å². The summed E-state index contributed by atoms with van der Waals surface area (Å²) in [5, 5.41) is 15.2. The van der Waals surface area contributed by atoms with Gasteiger partial charge < -0.3 is 15.3 Å². The first kappa shape index (κ1) is 25.4. The summed E-state index contributed by atoms with van der Waals surface area (Å²) in [6.07, 6.45) is 8.40. The third-order valence-electron chi connectivity index (χ3n) is 4.90. The maximum Gasteiger partial charge on any atom is 0.321 e. The van der Waals surface area contributed by atoms with Gasteiger partial charge in [-0.2, -0.15) is 0 Å². The summed E-state index contributed by atoms with van der Waals surface area (Å²) in [5.74, 6) is -1.13. The van der Waals surface area contributed by atoms with E-state index in [4.69, 9.17) is 0 Å². The Kier molecular flexibility index (Phi) is 14.5. The van der Waals surface area contributed by atoms with Crippen LogP contribution in [0.15, 0.2) is 0 Å². The van der Waals surface area contributed by atoms with Crippen molar-refractivity contribution in [3.63, 3.8) is 0 Å². The first-order valence-corrected chi connectivity index (χ1v) is 10.3. The number of nitrogens with one attached hydrogen (secondary N) is 2. The molecule has 0 aliphatic carbocycles. The van der Waals surface area contributed by atoms with Crippen molar-refractivity contribution in [1.82, 2.24) is 15.5 Å². The van der Waals surface area contributed by atoms with Gasteiger partial charge in [0.15, 0.2) is 0 Å². The van der Waals surface area contributed by atoms with E-state index in [1.54, 1.807) is 11.8 Å². The molecule has 0 saturated heterocycles. The maximum absolute atomic E-state index is 12.4.